The Morgan fingerprint density at radius 1 is 0.824 bits per heavy atom. The SMILES string of the molecule is O=C(F)C(F)C(F)(F)C(F)(F)C(F)(F)C(F)F. The van der Waals surface area contributed by atoms with Gasteiger partial charge in [-0.2, -0.15) is 30.7 Å². The van der Waals surface area contributed by atoms with Crippen molar-refractivity contribution in [3.63, 3.8) is 0 Å². The summed E-state index contributed by atoms with van der Waals surface area (Å²) in [7, 11) is 0. The number of hydrogen-bond acceptors (Lipinski definition) is 1. The van der Waals surface area contributed by atoms with Gasteiger partial charge in [0.25, 0.3) is 6.17 Å². The molecule has 0 aromatic heterocycles. The van der Waals surface area contributed by atoms with Crippen LogP contribution in [0.2, 0.25) is 0 Å². The molecule has 0 fully saturated rings. The third-order valence-corrected chi connectivity index (χ3v) is 1.63. The van der Waals surface area contributed by atoms with Crippen molar-refractivity contribution < 1.29 is 48.7 Å². The van der Waals surface area contributed by atoms with E-state index in [1.54, 1.807) is 0 Å². The van der Waals surface area contributed by atoms with E-state index in [2.05, 4.69) is 0 Å². The van der Waals surface area contributed by atoms with Gasteiger partial charge in [0.1, 0.15) is 0 Å². The van der Waals surface area contributed by atoms with Gasteiger partial charge in [-0.1, -0.05) is 0 Å². The average Bonchev–Trinajstić information content (AvgIpc) is 2.15. The molecule has 0 rings (SSSR count). The summed E-state index contributed by atoms with van der Waals surface area (Å²) in [5.41, 5.74) is 0. The van der Waals surface area contributed by atoms with Crippen LogP contribution < -0.4 is 0 Å². The van der Waals surface area contributed by atoms with Gasteiger partial charge < -0.3 is 0 Å². The van der Waals surface area contributed by atoms with E-state index in [0.717, 1.165) is 0 Å². The summed E-state index contributed by atoms with van der Waals surface area (Å²) in [6, 6.07) is -3.68. The van der Waals surface area contributed by atoms with E-state index in [0.29, 0.717) is 0 Å². The first-order valence-electron chi connectivity index (χ1n) is 3.55. The second-order valence-corrected chi connectivity index (χ2v) is 2.79. The molecule has 0 heterocycles. The zero-order chi connectivity index (χ0) is 14.2. The maximum absolute atomic E-state index is 12.3. The minimum atomic E-state index is -6.94. The van der Waals surface area contributed by atoms with Crippen molar-refractivity contribution in [2.24, 2.45) is 0 Å². The average molecular weight is 280 g/mol. The van der Waals surface area contributed by atoms with E-state index < -0.39 is 36.4 Å². The lowest BCUT2D eigenvalue weighted by Gasteiger charge is -2.32. The smallest absolute Gasteiger partial charge is 0.257 e. The van der Waals surface area contributed by atoms with Crippen molar-refractivity contribution in [3.05, 3.63) is 0 Å². The molecule has 0 radical (unpaired) electrons. The van der Waals surface area contributed by atoms with Gasteiger partial charge in [-0.05, 0) is 0 Å². The molecular formula is C6H2F10O. The lowest BCUT2D eigenvalue weighted by molar-refractivity contribution is -0.347. The van der Waals surface area contributed by atoms with E-state index in [-0.39, 0.29) is 0 Å². The molecule has 1 nitrogen and oxygen atoms in total. The van der Waals surface area contributed by atoms with Crippen LogP contribution in [0.3, 0.4) is 0 Å². The van der Waals surface area contributed by atoms with Crippen LogP contribution in [0.5, 0.6) is 0 Å². The molecule has 1 unspecified atom stereocenters. The Kier molecular flexibility index (Phi) is 4.07. The number of halogens is 10. The number of carbonyl (C=O) groups excluding carboxylic acids is 1. The number of carbonyl (C=O) groups is 1. The Balaban J connectivity index is 5.51. The molecule has 17 heavy (non-hydrogen) atoms. The summed E-state index contributed by atoms with van der Waals surface area (Å²) in [6.45, 7) is 0. The van der Waals surface area contributed by atoms with Crippen LogP contribution in [0.25, 0.3) is 0 Å². The highest BCUT2D eigenvalue weighted by molar-refractivity contribution is 5.74. The van der Waals surface area contributed by atoms with E-state index in [9.17, 15) is 48.7 Å². The van der Waals surface area contributed by atoms with Gasteiger partial charge in [0, 0.05) is 0 Å². The molecule has 0 aromatic rings. The van der Waals surface area contributed by atoms with Gasteiger partial charge in [-0.25, -0.2) is 13.2 Å². The molecule has 0 aromatic carbocycles. The highest BCUT2D eigenvalue weighted by Crippen LogP contribution is 2.50. The first-order chi connectivity index (χ1) is 7.30. The van der Waals surface area contributed by atoms with Gasteiger partial charge in [0.05, 0.1) is 0 Å². The summed E-state index contributed by atoms with van der Waals surface area (Å²) in [5.74, 6) is -20.2. The zero-order valence-corrected chi connectivity index (χ0v) is 7.34. The van der Waals surface area contributed by atoms with Crippen molar-refractivity contribution in [2.75, 3.05) is 0 Å². The standard InChI is InChI=1S/C6H2F10O/c7-1(2(8)17)4(11,12)6(15,16)5(13,14)3(9)10/h1,3H. The summed E-state index contributed by atoms with van der Waals surface area (Å²) in [5, 5.41) is 0. The molecule has 0 aliphatic rings. The molecule has 1 atom stereocenters. The fourth-order valence-corrected chi connectivity index (χ4v) is 0.661. The summed E-state index contributed by atoms with van der Waals surface area (Å²) < 4.78 is 120. The Hall–Kier alpha value is -1.03. The summed E-state index contributed by atoms with van der Waals surface area (Å²) in [6.07, 6.45) is -10.2. The second-order valence-electron chi connectivity index (χ2n) is 2.79. The first kappa shape index (κ1) is 16.0. The minimum absolute atomic E-state index is 3.68. The molecule has 0 spiro atoms. The van der Waals surface area contributed by atoms with Crippen molar-refractivity contribution in [3.8, 4) is 0 Å². The first-order valence-corrected chi connectivity index (χ1v) is 3.55. The van der Waals surface area contributed by atoms with E-state index in [4.69, 9.17) is 0 Å². The lowest BCUT2D eigenvalue weighted by atomic mass is 10.0. The highest BCUT2D eigenvalue weighted by atomic mass is 19.4. The van der Waals surface area contributed by atoms with E-state index in [1.165, 1.54) is 0 Å². The van der Waals surface area contributed by atoms with Gasteiger partial charge in [-0.15, -0.1) is 0 Å². The maximum atomic E-state index is 12.3. The molecule has 0 amide bonds. The quantitative estimate of drug-likeness (QED) is 0.559. The molecule has 0 aliphatic carbocycles. The Labute approximate surface area is 86.4 Å². The molecule has 0 bridgehead atoms. The van der Waals surface area contributed by atoms with Crippen molar-refractivity contribution in [1.29, 1.82) is 0 Å². The van der Waals surface area contributed by atoms with Gasteiger partial charge >= 0.3 is 30.2 Å². The maximum Gasteiger partial charge on any atom is 0.381 e. The van der Waals surface area contributed by atoms with Crippen LogP contribution in [-0.4, -0.2) is 36.4 Å². The van der Waals surface area contributed by atoms with Crippen LogP contribution in [0.1, 0.15) is 0 Å². The minimum Gasteiger partial charge on any atom is -0.257 e. The van der Waals surface area contributed by atoms with E-state index >= 15 is 0 Å². The highest BCUT2D eigenvalue weighted by Gasteiger charge is 2.79. The van der Waals surface area contributed by atoms with Crippen LogP contribution in [-0.2, 0) is 4.79 Å². The Morgan fingerprint density at radius 2 is 1.18 bits per heavy atom. The monoisotopic (exact) mass is 280 g/mol. The predicted molar refractivity (Wildman–Crippen MR) is 31.9 cm³/mol. The second kappa shape index (κ2) is 4.33. The number of rotatable bonds is 5. The molecule has 0 aliphatic heterocycles. The fourth-order valence-electron chi connectivity index (χ4n) is 0.661. The number of hydrogen-bond donors (Lipinski definition) is 0. The molecule has 102 valence electrons. The normalized spacial score (nSPS) is 16.2. The summed E-state index contributed by atoms with van der Waals surface area (Å²) in [4.78, 5) is 9.45. The van der Waals surface area contributed by atoms with Crippen LogP contribution in [0, 0.1) is 0 Å². The van der Waals surface area contributed by atoms with Crippen molar-refractivity contribution in [2.45, 2.75) is 30.4 Å². The summed E-state index contributed by atoms with van der Waals surface area (Å²) >= 11 is 0. The van der Waals surface area contributed by atoms with Gasteiger partial charge in [0.15, 0.2) is 0 Å². The molecule has 0 saturated heterocycles. The van der Waals surface area contributed by atoms with Crippen LogP contribution >= 0.6 is 0 Å². The zero-order valence-electron chi connectivity index (χ0n) is 7.34. The molecule has 11 heteroatoms. The van der Waals surface area contributed by atoms with Crippen molar-refractivity contribution >= 4 is 6.04 Å². The third-order valence-electron chi connectivity index (χ3n) is 1.63. The van der Waals surface area contributed by atoms with Crippen LogP contribution in [0.15, 0.2) is 0 Å². The van der Waals surface area contributed by atoms with Gasteiger partial charge in [-0.3, -0.25) is 4.79 Å². The van der Waals surface area contributed by atoms with Crippen LogP contribution in [0.4, 0.5) is 43.9 Å². The number of alkyl halides is 9. The predicted octanol–water partition coefficient (Wildman–Crippen LogP) is 2.99. The van der Waals surface area contributed by atoms with Crippen molar-refractivity contribution in [1.82, 2.24) is 0 Å². The molecule has 0 saturated carbocycles. The molecule has 0 N–H and O–H groups in total. The fraction of sp³-hybridized carbons (Fsp3) is 0.833. The largest absolute Gasteiger partial charge is 0.381 e. The molecular weight excluding hydrogens is 278 g/mol. The Morgan fingerprint density at radius 3 is 1.41 bits per heavy atom. The van der Waals surface area contributed by atoms with Gasteiger partial charge in [0.2, 0.25) is 0 Å². The third kappa shape index (κ3) is 2.32. The lowest BCUT2D eigenvalue weighted by Crippen LogP contribution is -2.62. The topological polar surface area (TPSA) is 17.1 Å². The Bertz CT molecular complexity index is 297. The van der Waals surface area contributed by atoms with E-state index in [1.807, 2.05) is 0 Å².